The molecule has 138 valence electrons. The maximum absolute atomic E-state index is 6.13. The van der Waals surface area contributed by atoms with E-state index >= 15 is 0 Å². The minimum absolute atomic E-state index is 0.739. The van der Waals surface area contributed by atoms with Crippen LogP contribution in [0.1, 0.15) is 19.8 Å². The van der Waals surface area contributed by atoms with Crippen LogP contribution in [0.4, 0.5) is 17.3 Å². The van der Waals surface area contributed by atoms with Crippen molar-refractivity contribution in [1.82, 2.24) is 9.97 Å². The molecular formula is C20H26ClN5. The highest BCUT2D eigenvalue weighted by atomic mass is 35.5. The highest BCUT2D eigenvalue weighted by Gasteiger charge is 2.21. The predicted molar refractivity (Wildman–Crippen MR) is 109 cm³/mol. The van der Waals surface area contributed by atoms with Gasteiger partial charge in [0.15, 0.2) is 0 Å². The highest BCUT2D eigenvalue weighted by Crippen LogP contribution is 2.25. The minimum atomic E-state index is 0.739. The second-order valence-electron chi connectivity index (χ2n) is 7.38. The van der Waals surface area contributed by atoms with E-state index in [0.29, 0.717) is 0 Å². The lowest BCUT2D eigenvalue weighted by Gasteiger charge is -2.37. The summed E-state index contributed by atoms with van der Waals surface area (Å²) in [5.74, 6) is 2.85. The number of anilines is 3. The molecule has 5 nitrogen and oxygen atoms in total. The average Bonchev–Trinajstić information content (AvgIpc) is 2.68. The molecule has 0 N–H and O–H groups in total. The third-order valence-corrected chi connectivity index (χ3v) is 5.63. The van der Waals surface area contributed by atoms with E-state index in [9.17, 15) is 0 Å². The molecule has 26 heavy (non-hydrogen) atoms. The molecule has 1 aromatic carbocycles. The Morgan fingerprint density at radius 3 is 2.38 bits per heavy atom. The Balaban J connectivity index is 1.42. The first-order valence-corrected chi connectivity index (χ1v) is 9.89. The Morgan fingerprint density at radius 1 is 0.923 bits per heavy atom. The molecule has 2 aliphatic heterocycles. The first kappa shape index (κ1) is 17.4. The van der Waals surface area contributed by atoms with Gasteiger partial charge in [0, 0.05) is 56.0 Å². The number of piperidine rings is 1. The minimum Gasteiger partial charge on any atom is -0.368 e. The summed E-state index contributed by atoms with van der Waals surface area (Å²) in [7, 11) is 0. The Labute approximate surface area is 160 Å². The van der Waals surface area contributed by atoms with Gasteiger partial charge in [0.05, 0.1) is 0 Å². The van der Waals surface area contributed by atoms with Crippen molar-refractivity contribution in [2.45, 2.75) is 19.8 Å². The first-order chi connectivity index (χ1) is 12.7. The van der Waals surface area contributed by atoms with Crippen LogP contribution in [0.2, 0.25) is 5.02 Å². The van der Waals surface area contributed by atoms with Crippen molar-refractivity contribution in [3.05, 3.63) is 41.7 Å². The van der Waals surface area contributed by atoms with Crippen LogP contribution in [-0.4, -0.2) is 49.2 Å². The monoisotopic (exact) mass is 371 g/mol. The predicted octanol–water partition coefficient (Wildman–Crippen LogP) is 3.69. The van der Waals surface area contributed by atoms with Crippen molar-refractivity contribution < 1.29 is 0 Å². The van der Waals surface area contributed by atoms with Crippen LogP contribution in [0.15, 0.2) is 36.7 Å². The van der Waals surface area contributed by atoms with Crippen molar-refractivity contribution in [2.75, 3.05) is 54.0 Å². The number of aromatic nitrogens is 2. The van der Waals surface area contributed by atoms with Crippen molar-refractivity contribution in [3.63, 3.8) is 0 Å². The third kappa shape index (κ3) is 3.88. The molecule has 2 saturated heterocycles. The Hall–Kier alpha value is -2.01. The molecule has 0 saturated carbocycles. The summed E-state index contributed by atoms with van der Waals surface area (Å²) in [6, 6.07) is 10.3. The smallest absolute Gasteiger partial charge is 0.134 e. The molecule has 4 rings (SSSR count). The lowest BCUT2D eigenvalue weighted by Crippen LogP contribution is -2.47. The summed E-state index contributed by atoms with van der Waals surface area (Å²) in [6.07, 6.45) is 4.28. The van der Waals surface area contributed by atoms with Gasteiger partial charge in [-0.1, -0.05) is 24.6 Å². The van der Waals surface area contributed by atoms with Gasteiger partial charge in [0.2, 0.25) is 0 Å². The fourth-order valence-corrected chi connectivity index (χ4v) is 4.13. The topological polar surface area (TPSA) is 35.5 Å². The fraction of sp³-hybridized carbons (Fsp3) is 0.500. The van der Waals surface area contributed by atoms with Crippen LogP contribution < -0.4 is 14.7 Å². The van der Waals surface area contributed by atoms with Crippen molar-refractivity contribution in [3.8, 4) is 0 Å². The normalized spacial score (nSPS) is 21.2. The lowest BCUT2D eigenvalue weighted by molar-refractivity contribution is 0.444. The summed E-state index contributed by atoms with van der Waals surface area (Å²) >= 11 is 6.13. The molecule has 0 radical (unpaired) electrons. The van der Waals surface area contributed by atoms with Gasteiger partial charge in [-0.25, -0.2) is 9.97 Å². The molecule has 2 fully saturated rings. The van der Waals surface area contributed by atoms with Crippen molar-refractivity contribution in [1.29, 1.82) is 0 Å². The largest absolute Gasteiger partial charge is 0.368 e. The molecule has 0 amide bonds. The van der Waals surface area contributed by atoms with E-state index in [2.05, 4.69) is 43.7 Å². The van der Waals surface area contributed by atoms with Crippen LogP contribution in [0, 0.1) is 5.92 Å². The van der Waals surface area contributed by atoms with Crippen LogP contribution in [0.5, 0.6) is 0 Å². The number of halogens is 1. The van der Waals surface area contributed by atoms with Crippen LogP contribution in [0.25, 0.3) is 0 Å². The van der Waals surface area contributed by atoms with E-state index in [4.69, 9.17) is 11.6 Å². The summed E-state index contributed by atoms with van der Waals surface area (Å²) in [6.45, 7) is 8.38. The fourth-order valence-electron chi connectivity index (χ4n) is 3.95. The number of rotatable bonds is 3. The van der Waals surface area contributed by atoms with Crippen LogP contribution in [-0.2, 0) is 0 Å². The van der Waals surface area contributed by atoms with Gasteiger partial charge in [-0.05, 0) is 37.0 Å². The number of hydrogen-bond acceptors (Lipinski definition) is 5. The molecule has 0 aliphatic carbocycles. The molecule has 6 heteroatoms. The number of hydrogen-bond donors (Lipinski definition) is 0. The van der Waals surface area contributed by atoms with E-state index in [1.807, 2.05) is 18.2 Å². The second-order valence-corrected chi connectivity index (χ2v) is 7.82. The Bertz CT molecular complexity index is 744. The molecule has 1 aromatic heterocycles. The summed E-state index contributed by atoms with van der Waals surface area (Å²) in [5, 5.41) is 0.793. The lowest BCUT2D eigenvalue weighted by atomic mass is 10.0. The van der Waals surface area contributed by atoms with E-state index in [1.54, 1.807) is 6.33 Å². The molecule has 1 atom stereocenters. The molecular weight excluding hydrogens is 346 g/mol. The van der Waals surface area contributed by atoms with Crippen LogP contribution in [0.3, 0.4) is 0 Å². The SMILES string of the molecule is CC1CCCN(c2cc(N3CCN(c4cccc(Cl)c4)CC3)ncn2)C1. The molecule has 0 bridgehead atoms. The Kier molecular flexibility index (Phi) is 5.16. The zero-order valence-electron chi connectivity index (χ0n) is 15.3. The van der Waals surface area contributed by atoms with Gasteiger partial charge in [-0.2, -0.15) is 0 Å². The second kappa shape index (κ2) is 7.70. The summed E-state index contributed by atoms with van der Waals surface area (Å²) in [5.41, 5.74) is 1.20. The van der Waals surface area contributed by atoms with Gasteiger partial charge < -0.3 is 14.7 Å². The van der Waals surface area contributed by atoms with Gasteiger partial charge in [0.25, 0.3) is 0 Å². The summed E-state index contributed by atoms with van der Waals surface area (Å²) < 4.78 is 0. The molecule has 0 spiro atoms. The highest BCUT2D eigenvalue weighted by molar-refractivity contribution is 6.30. The Morgan fingerprint density at radius 2 is 1.65 bits per heavy atom. The van der Waals surface area contributed by atoms with Gasteiger partial charge in [-0.3, -0.25) is 0 Å². The van der Waals surface area contributed by atoms with E-state index in [0.717, 1.165) is 61.8 Å². The van der Waals surface area contributed by atoms with E-state index in [-0.39, 0.29) is 0 Å². The van der Waals surface area contributed by atoms with Crippen molar-refractivity contribution >= 4 is 28.9 Å². The first-order valence-electron chi connectivity index (χ1n) is 9.51. The zero-order valence-corrected chi connectivity index (χ0v) is 16.1. The molecule has 3 heterocycles. The molecule has 2 aromatic rings. The number of benzene rings is 1. The van der Waals surface area contributed by atoms with Gasteiger partial charge >= 0.3 is 0 Å². The summed E-state index contributed by atoms with van der Waals surface area (Å²) in [4.78, 5) is 16.2. The number of nitrogens with zero attached hydrogens (tertiary/aromatic N) is 5. The van der Waals surface area contributed by atoms with E-state index in [1.165, 1.54) is 18.5 Å². The standard InChI is InChI=1S/C20H26ClN5/c1-16-4-3-7-26(14-16)20-13-19(22-15-23-20)25-10-8-24(9-11-25)18-6-2-5-17(21)12-18/h2,5-6,12-13,15-16H,3-4,7-11,14H2,1H3. The maximum atomic E-state index is 6.13. The van der Waals surface area contributed by atoms with Gasteiger partial charge in [0.1, 0.15) is 18.0 Å². The van der Waals surface area contributed by atoms with E-state index < -0.39 is 0 Å². The molecule has 2 aliphatic rings. The molecule has 1 unspecified atom stereocenters. The van der Waals surface area contributed by atoms with Crippen molar-refractivity contribution in [2.24, 2.45) is 5.92 Å². The average molecular weight is 372 g/mol. The number of piperazine rings is 1. The third-order valence-electron chi connectivity index (χ3n) is 5.40. The zero-order chi connectivity index (χ0) is 17.9. The van der Waals surface area contributed by atoms with Gasteiger partial charge in [-0.15, -0.1) is 0 Å². The van der Waals surface area contributed by atoms with Crippen LogP contribution >= 0.6 is 11.6 Å². The maximum Gasteiger partial charge on any atom is 0.134 e. The quantitative estimate of drug-likeness (QED) is 0.822.